The van der Waals surface area contributed by atoms with E-state index in [4.69, 9.17) is 4.74 Å². The summed E-state index contributed by atoms with van der Waals surface area (Å²) in [7, 11) is 0. The van der Waals surface area contributed by atoms with Crippen molar-refractivity contribution in [2.45, 2.75) is 31.4 Å². The van der Waals surface area contributed by atoms with Crippen molar-refractivity contribution in [3.63, 3.8) is 0 Å². The second-order valence-corrected chi connectivity index (χ2v) is 9.35. The number of carbonyl (C=O) groups is 1. The molecule has 26 heavy (non-hydrogen) atoms. The van der Waals surface area contributed by atoms with Crippen LogP contribution in [0.5, 0.6) is 5.75 Å². The predicted molar refractivity (Wildman–Crippen MR) is 110 cm³/mol. The van der Waals surface area contributed by atoms with E-state index in [1.807, 2.05) is 35.7 Å². The van der Waals surface area contributed by atoms with Crippen LogP contribution < -0.4 is 10.1 Å². The number of hydrogen-bond acceptors (Lipinski definition) is 5. The van der Waals surface area contributed by atoms with Crippen molar-refractivity contribution < 1.29 is 9.53 Å². The third kappa shape index (κ3) is 5.45. The molecular weight excluding hydrogens is 366 g/mol. The maximum Gasteiger partial charge on any atom is 0.263 e. The Hall–Kier alpha value is -1.60. The molecule has 5 nitrogen and oxygen atoms in total. The van der Waals surface area contributed by atoms with Gasteiger partial charge in [-0.15, -0.1) is 23.5 Å². The third-order valence-electron chi connectivity index (χ3n) is 3.87. The summed E-state index contributed by atoms with van der Waals surface area (Å²) in [5, 5.41) is 7.10. The molecule has 1 fully saturated rings. The van der Waals surface area contributed by atoms with E-state index in [0.29, 0.717) is 22.1 Å². The minimum atomic E-state index is -0.182. The van der Waals surface area contributed by atoms with Gasteiger partial charge in [0.1, 0.15) is 11.6 Å². The summed E-state index contributed by atoms with van der Waals surface area (Å²) in [6, 6.07) is 9.89. The van der Waals surface area contributed by atoms with Gasteiger partial charge in [-0.2, -0.15) is 5.10 Å². The topological polar surface area (TPSA) is 56.2 Å². The Labute approximate surface area is 163 Å². The average Bonchev–Trinajstić information content (AvgIpc) is 3.07. The lowest BCUT2D eigenvalue weighted by Gasteiger charge is -2.21. The van der Waals surface area contributed by atoms with E-state index in [1.165, 1.54) is 23.5 Å². The highest BCUT2D eigenvalue weighted by Crippen LogP contribution is 2.43. The van der Waals surface area contributed by atoms with E-state index in [1.54, 1.807) is 16.9 Å². The summed E-state index contributed by atoms with van der Waals surface area (Å²) >= 11 is 4.00. The van der Waals surface area contributed by atoms with Gasteiger partial charge in [0.05, 0.1) is 10.8 Å². The number of nitrogens with zero attached hydrogens (tertiary/aromatic N) is 2. The van der Waals surface area contributed by atoms with E-state index in [9.17, 15) is 4.79 Å². The molecule has 1 amide bonds. The first-order valence-corrected chi connectivity index (χ1v) is 11.0. The Morgan fingerprint density at radius 2 is 2.00 bits per heavy atom. The van der Waals surface area contributed by atoms with Gasteiger partial charge in [0, 0.05) is 12.6 Å². The highest BCUT2D eigenvalue weighted by Gasteiger charge is 2.16. The van der Waals surface area contributed by atoms with Crippen molar-refractivity contribution in [1.82, 2.24) is 9.78 Å². The van der Waals surface area contributed by atoms with Crippen molar-refractivity contribution in [3.05, 3.63) is 42.1 Å². The normalized spacial score (nSPS) is 15.2. The second kappa shape index (κ2) is 9.37. The molecular formula is C19H25N3O2S2. The quantitative estimate of drug-likeness (QED) is 0.757. The molecule has 1 aliphatic rings. The largest absolute Gasteiger partial charge is 0.484 e. The standard InChI is InChI=1S/C19H25N3O2S2/c1-14(2)12-22-17(8-9-20-22)21-18(23)13-24-16-6-4-15(5-7-16)19-25-10-3-11-26-19/h4-9,14,19H,3,10-13H2,1-2H3,(H,21,23). The van der Waals surface area contributed by atoms with Crippen LogP contribution in [-0.4, -0.2) is 33.8 Å². The van der Waals surface area contributed by atoms with Crippen LogP contribution in [0, 0.1) is 5.92 Å². The average molecular weight is 392 g/mol. The molecule has 0 radical (unpaired) electrons. The van der Waals surface area contributed by atoms with Crippen LogP contribution in [0.25, 0.3) is 0 Å². The lowest BCUT2D eigenvalue weighted by molar-refractivity contribution is -0.118. The monoisotopic (exact) mass is 391 g/mol. The molecule has 0 aliphatic carbocycles. The van der Waals surface area contributed by atoms with Crippen LogP contribution in [0.3, 0.4) is 0 Å². The van der Waals surface area contributed by atoms with Crippen molar-refractivity contribution >= 4 is 35.2 Å². The predicted octanol–water partition coefficient (Wildman–Crippen LogP) is 4.43. The Balaban J connectivity index is 1.49. The summed E-state index contributed by atoms with van der Waals surface area (Å²) in [6.07, 6.45) is 2.98. The minimum Gasteiger partial charge on any atom is -0.484 e. The van der Waals surface area contributed by atoms with Crippen molar-refractivity contribution in [3.8, 4) is 5.75 Å². The van der Waals surface area contributed by atoms with Gasteiger partial charge in [0.25, 0.3) is 5.91 Å². The molecule has 1 aliphatic heterocycles. The lowest BCUT2D eigenvalue weighted by atomic mass is 10.2. The number of nitrogens with one attached hydrogen (secondary N) is 1. The van der Waals surface area contributed by atoms with E-state index < -0.39 is 0 Å². The first-order chi connectivity index (χ1) is 12.6. The summed E-state index contributed by atoms with van der Waals surface area (Å²) in [5.41, 5.74) is 1.31. The summed E-state index contributed by atoms with van der Waals surface area (Å²) in [4.78, 5) is 12.2. The van der Waals surface area contributed by atoms with Crippen LogP contribution in [0.4, 0.5) is 5.82 Å². The van der Waals surface area contributed by atoms with Crippen LogP contribution in [0.2, 0.25) is 0 Å². The minimum absolute atomic E-state index is 0.0147. The number of hydrogen-bond donors (Lipinski definition) is 1. The first-order valence-electron chi connectivity index (χ1n) is 8.89. The molecule has 0 bridgehead atoms. The molecule has 2 heterocycles. The maximum atomic E-state index is 12.2. The van der Waals surface area contributed by atoms with Crippen LogP contribution in [0.1, 0.15) is 30.4 Å². The van der Waals surface area contributed by atoms with E-state index >= 15 is 0 Å². The number of amides is 1. The lowest BCUT2D eigenvalue weighted by Crippen LogP contribution is -2.22. The molecule has 1 N–H and O–H groups in total. The number of carbonyl (C=O) groups excluding carboxylic acids is 1. The zero-order valence-electron chi connectivity index (χ0n) is 15.2. The summed E-state index contributed by atoms with van der Waals surface area (Å²) < 4.78 is 7.94. The third-order valence-corrected chi connectivity index (χ3v) is 6.89. The van der Waals surface area contributed by atoms with E-state index in [0.717, 1.165) is 6.54 Å². The fourth-order valence-electron chi connectivity index (χ4n) is 2.66. The molecule has 0 spiro atoms. The number of benzene rings is 1. The molecule has 1 aromatic carbocycles. The van der Waals surface area contributed by atoms with Crippen molar-refractivity contribution in [1.29, 1.82) is 0 Å². The van der Waals surface area contributed by atoms with Gasteiger partial charge in [-0.25, -0.2) is 4.68 Å². The van der Waals surface area contributed by atoms with E-state index in [2.05, 4.69) is 36.4 Å². The molecule has 3 rings (SSSR count). The molecule has 2 aromatic rings. The van der Waals surface area contributed by atoms with Gasteiger partial charge < -0.3 is 10.1 Å². The number of rotatable bonds is 7. The second-order valence-electron chi connectivity index (χ2n) is 6.63. The van der Waals surface area contributed by atoms with Gasteiger partial charge >= 0.3 is 0 Å². The number of ether oxygens (including phenoxy) is 1. The number of thioether (sulfide) groups is 2. The molecule has 0 saturated carbocycles. The van der Waals surface area contributed by atoms with Gasteiger partial charge in [0.2, 0.25) is 0 Å². The Morgan fingerprint density at radius 3 is 2.69 bits per heavy atom. The van der Waals surface area contributed by atoms with Crippen LogP contribution in [-0.2, 0) is 11.3 Å². The number of aromatic nitrogens is 2. The van der Waals surface area contributed by atoms with Crippen molar-refractivity contribution in [2.24, 2.45) is 5.92 Å². The van der Waals surface area contributed by atoms with Gasteiger partial charge in [0.15, 0.2) is 6.61 Å². The molecule has 0 atom stereocenters. The SMILES string of the molecule is CC(C)Cn1nccc1NC(=O)COc1ccc(C2SCCCS2)cc1. The van der Waals surface area contributed by atoms with Crippen LogP contribution in [0.15, 0.2) is 36.5 Å². The van der Waals surface area contributed by atoms with Gasteiger partial charge in [-0.3, -0.25) is 4.79 Å². The summed E-state index contributed by atoms with van der Waals surface area (Å²) in [5.74, 6) is 4.14. The fraction of sp³-hybridized carbons (Fsp3) is 0.474. The molecule has 1 aromatic heterocycles. The zero-order valence-corrected chi connectivity index (χ0v) is 16.8. The molecule has 1 saturated heterocycles. The maximum absolute atomic E-state index is 12.2. The smallest absolute Gasteiger partial charge is 0.263 e. The highest BCUT2D eigenvalue weighted by molar-refractivity contribution is 8.16. The first kappa shape index (κ1) is 19.2. The molecule has 7 heteroatoms. The fourth-order valence-corrected chi connectivity index (χ4v) is 5.55. The van der Waals surface area contributed by atoms with Crippen LogP contribution >= 0.6 is 23.5 Å². The Bertz CT molecular complexity index is 710. The van der Waals surface area contributed by atoms with Gasteiger partial charge in [-0.05, 0) is 41.5 Å². The zero-order chi connectivity index (χ0) is 18.4. The van der Waals surface area contributed by atoms with Gasteiger partial charge in [-0.1, -0.05) is 26.0 Å². The Kier molecular flexibility index (Phi) is 6.91. The highest BCUT2D eigenvalue weighted by atomic mass is 32.2. The Morgan fingerprint density at radius 1 is 1.27 bits per heavy atom. The molecule has 140 valence electrons. The van der Waals surface area contributed by atoms with Crippen molar-refractivity contribution in [2.75, 3.05) is 23.4 Å². The summed E-state index contributed by atoms with van der Waals surface area (Å²) in [6.45, 7) is 4.98. The van der Waals surface area contributed by atoms with E-state index in [-0.39, 0.29) is 12.5 Å². The number of anilines is 1. The molecule has 0 unspecified atom stereocenters.